The standard InChI is InChI=1S/C19H17FN4O2S/c1-24(11-19-21-15-4-2-3-5-16(15)27-19)10-18-22-17(23-26-18)12-25-14-8-6-13(20)7-9-14/h2-9H,10-12H2,1H3. The zero-order valence-corrected chi connectivity index (χ0v) is 15.4. The van der Waals surface area contributed by atoms with Crippen molar-refractivity contribution in [1.29, 1.82) is 0 Å². The van der Waals surface area contributed by atoms with Gasteiger partial charge < -0.3 is 9.26 Å². The molecule has 4 rings (SSSR count). The normalized spacial score (nSPS) is 11.4. The topological polar surface area (TPSA) is 64.3 Å². The van der Waals surface area contributed by atoms with E-state index in [0.717, 1.165) is 10.5 Å². The highest BCUT2D eigenvalue weighted by Crippen LogP contribution is 2.22. The third-order valence-corrected chi connectivity index (χ3v) is 4.86. The molecule has 27 heavy (non-hydrogen) atoms. The van der Waals surface area contributed by atoms with E-state index < -0.39 is 0 Å². The van der Waals surface area contributed by atoms with Gasteiger partial charge in [0, 0.05) is 0 Å². The summed E-state index contributed by atoms with van der Waals surface area (Å²) in [7, 11) is 1.98. The predicted molar refractivity (Wildman–Crippen MR) is 99.8 cm³/mol. The second-order valence-electron chi connectivity index (χ2n) is 6.09. The smallest absolute Gasteiger partial charge is 0.240 e. The molecular weight excluding hydrogens is 367 g/mol. The molecule has 0 atom stereocenters. The first kappa shape index (κ1) is 17.6. The van der Waals surface area contributed by atoms with Crippen LogP contribution in [-0.2, 0) is 19.7 Å². The van der Waals surface area contributed by atoms with E-state index in [1.807, 2.05) is 25.2 Å². The minimum absolute atomic E-state index is 0.163. The lowest BCUT2D eigenvalue weighted by Gasteiger charge is -2.11. The van der Waals surface area contributed by atoms with Crippen LogP contribution in [0.5, 0.6) is 5.75 Å². The van der Waals surface area contributed by atoms with Gasteiger partial charge in [-0.2, -0.15) is 4.98 Å². The van der Waals surface area contributed by atoms with Crippen LogP contribution in [0.4, 0.5) is 4.39 Å². The molecule has 0 radical (unpaired) electrons. The number of nitrogens with zero attached hydrogens (tertiary/aromatic N) is 4. The molecule has 138 valence electrons. The van der Waals surface area contributed by atoms with Gasteiger partial charge in [0.2, 0.25) is 11.7 Å². The molecule has 0 saturated heterocycles. The number of aromatic nitrogens is 3. The van der Waals surface area contributed by atoms with Crippen LogP contribution in [0.3, 0.4) is 0 Å². The molecule has 0 N–H and O–H groups in total. The summed E-state index contributed by atoms with van der Waals surface area (Å²) in [6, 6.07) is 13.9. The van der Waals surface area contributed by atoms with Gasteiger partial charge >= 0.3 is 0 Å². The average molecular weight is 384 g/mol. The number of hydrogen-bond acceptors (Lipinski definition) is 7. The SMILES string of the molecule is CN(Cc1nc(COc2ccc(F)cc2)no1)Cc1nc2ccccc2s1. The van der Waals surface area contributed by atoms with Crippen LogP contribution < -0.4 is 4.74 Å². The van der Waals surface area contributed by atoms with Crippen LogP contribution in [0.15, 0.2) is 53.1 Å². The summed E-state index contributed by atoms with van der Waals surface area (Å²) in [6.07, 6.45) is 0. The largest absolute Gasteiger partial charge is 0.485 e. The van der Waals surface area contributed by atoms with Gasteiger partial charge in [-0.1, -0.05) is 17.3 Å². The molecule has 4 aromatic rings. The molecule has 2 aromatic carbocycles. The number of thiazole rings is 1. The lowest BCUT2D eigenvalue weighted by Crippen LogP contribution is -2.17. The third kappa shape index (κ3) is 4.47. The van der Waals surface area contributed by atoms with Crippen molar-refractivity contribution < 1.29 is 13.7 Å². The molecule has 0 spiro atoms. The van der Waals surface area contributed by atoms with E-state index in [1.54, 1.807) is 23.5 Å². The summed E-state index contributed by atoms with van der Waals surface area (Å²) in [5, 5.41) is 4.96. The Morgan fingerprint density at radius 3 is 2.70 bits per heavy atom. The zero-order chi connectivity index (χ0) is 18.6. The minimum Gasteiger partial charge on any atom is -0.485 e. The first-order chi connectivity index (χ1) is 13.2. The number of halogens is 1. The highest BCUT2D eigenvalue weighted by atomic mass is 32.1. The molecule has 0 fully saturated rings. The fourth-order valence-corrected chi connectivity index (χ4v) is 3.64. The Balaban J connectivity index is 1.32. The summed E-state index contributed by atoms with van der Waals surface area (Å²) < 4.78 is 24.9. The molecule has 0 unspecified atom stereocenters. The highest BCUT2D eigenvalue weighted by molar-refractivity contribution is 7.18. The molecule has 0 aliphatic heterocycles. The maximum atomic E-state index is 12.9. The molecule has 0 bridgehead atoms. The number of hydrogen-bond donors (Lipinski definition) is 0. The van der Waals surface area contributed by atoms with Gasteiger partial charge in [-0.05, 0) is 43.4 Å². The van der Waals surface area contributed by atoms with Crippen LogP contribution in [0, 0.1) is 5.82 Å². The van der Waals surface area contributed by atoms with E-state index in [4.69, 9.17) is 9.26 Å². The summed E-state index contributed by atoms with van der Waals surface area (Å²) in [5.74, 6) is 1.20. The van der Waals surface area contributed by atoms with E-state index >= 15 is 0 Å². The molecule has 0 aliphatic rings. The quantitative estimate of drug-likeness (QED) is 0.479. The Kier molecular flexibility index (Phi) is 5.08. The highest BCUT2D eigenvalue weighted by Gasteiger charge is 2.12. The Labute approximate surface area is 159 Å². The van der Waals surface area contributed by atoms with E-state index in [2.05, 4.69) is 26.1 Å². The predicted octanol–water partition coefficient (Wildman–Crippen LogP) is 4.03. The Bertz CT molecular complexity index is 999. The number of ether oxygens (including phenoxy) is 1. The maximum absolute atomic E-state index is 12.9. The second kappa shape index (κ2) is 7.81. The monoisotopic (exact) mass is 384 g/mol. The van der Waals surface area contributed by atoms with Crippen LogP contribution in [-0.4, -0.2) is 27.1 Å². The van der Waals surface area contributed by atoms with E-state index in [0.29, 0.717) is 30.6 Å². The van der Waals surface area contributed by atoms with Crippen molar-refractivity contribution in [1.82, 2.24) is 20.0 Å². The fourth-order valence-electron chi connectivity index (χ4n) is 2.60. The molecule has 0 aliphatic carbocycles. The summed E-state index contributed by atoms with van der Waals surface area (Å²) in [4.78, 5) is 11.0. The van der Waals surface area contributed by atoms with Gasteiger partial charge in [-0.15, -0.1) is 11.3 Å². The van der Waals surface area contributed by atoms with Crippen molar-refractivity contribution in [3.63, 3.8) is 0 Å². The molecule has 0 amide bonds. The van der Waals surface area contributed by atoms with Crippen LogP contribution in [0.25, 0.3) is 10.2 Å². The molecular formula is C19H17FN4O2S. The van der Waals surface area contributed by atoms with Gasteiger partial charge in [0.25, 0.3) is 0 Å². The van der Waals surface area contributed by atoms with E-state index in [1.165, 1.54) is 16.8 Å². The van der Waals surface area contributed by atoms with Crippen molar-refractivity contribution in [2.75, 3.05) is 7.05 Å². The summed E-state index contributed by atoms with van der Waals surface area (Å²) in [6.45, 7) is 1.37. The molecule has 2 aromatic heterocycles. The number of fused-ring (bicyclic) bond motifs is 1. The average Bonchev–Trinajstić information content (AvgIpc) is 3.27. The van der Waals surface area contributed by atoms with Crippen LogP contribution in [0.1, 0.15) is 16.7 Å². The van der Waals surface area contributed by atoms with Crippen molar-refractivity contribution in [3.8, 4) is 5.75 Å². The molecule has 6 nitrogen and oxygen atoms in total. The van der Waals surface area contributed by atoms with Gasteiger partial charge in [0.15, 0.2) is 6.61 Å². The lowest BCUT2D eigenvalue weighted by atomic mass is 10.3. The fraction of sp³-hybridized carbons (Fsp3) is 0.211. The lowest BCUT2D eigenvalue weighted by molar-refractivity contribution is 0.256. The second-order valence-corrected chi connectivity index (χ2v) is 7.21. The number of benzene rings is 2. The minimum atomic E-state index is -0.305. The van der Waals surface area contributed by atoms with E-state index in [9.17, 15) is 4.39 Å². The molecule has 8 heteroatoms. The first-order valence-electron chi connectivity index (χ1n) is 8.38. The summed E-state index contributed by atoms with van der Waals surface area (Å²) >= 11 is 1.68. The van der Waals surface area contributed by atoms with Crippen molar-refractivity contribution >= 4 is 21.6 Å². The van der Waals surface area contributed by atoms with E-state index in [-0.39, 0.29) is 12.4 Å². The van der Waals surface area contributed by atoms with Crippen molar-refractivity contribution in [2.45, 2.75) is 19.7 Å². The Morgan fingerprint density at radius 1 is 1.07 bits per heavy atom. The Morgan fingerprint density at radius 2 is 1.89 bits per heavy atom. The zero-order valence-electron chi connectivity index (χ0n) is 14.6. The van der Waals surface area contributed by atoms with Gasteiger partial charge in [-0.3, -0.25) is 4.90 Å². The van der Waals surface area contributed by atoms with Crippen molar-refractivity contribution in [2.24, 2.45) is 0 Å². The van der Waals surface area contributed by atoms with Gasteiger partial charge in [0.05, 0.1) is 23.3 Å². The number of para-hydroxylation sites is 1. The number of rotatable bonds is 7. The van der Waals surface area contributed by atoms with Crippen molar-refractivity contribution in [3.05, 3.63) is 71.1 Å². The van der Waals surface area contributed by atoms with Gasteiger partial charge in [-0.25, -0.2) is 9.37 Å². The Hall–Kier alpha value is -2.84. The van der Waals surface area contributed by atoms with Crippen LogP contribution >= 0.6 is 11.3 Å². The molecule has 0 saturated carbocycles. The third-order valence-electron chi connectivity index (χ3n) is 3.84. The first-order valence-corrected chi connectivity index (χ1v) is 9.20. The maximum Gasteiger partial charge on any atom is 0.240 e. The summed E-state index contributed by atoms with van der Waals surface area (Å²) in [5.41, 5.74) is 1.02. The van der Waals surface area contributed by atoms with Crippen LogP contribution in [0.2, 0.25) is 0 Å². The van der Waals surface area contributed by atoms with Gasteiger partial charge in [0.1, 0.15) is 16.6 Å². The molecule has 2 heterocycles.